The van der Waals surface area contributed by atoms with Crippen LogP contribution in [0.15, 0.2) is 83.8 Å². The summed E-state index contributed by atoms with van der Waals surface area (Å²) in [5, 5.41) is 13.9. The minimum atomic E-state index is -0.442. The van der Waals surface area contributed by atoms with Gasteiger partial charge in [-0.05, 0) is 36.2 Å². The summed E-state index contributed by atoms with van der Waals surface area (Å²) in [6.07, 6.45) is 0.606. The van der Waals surface area contributed by atoms with E-state index in [1.165, 1.54) is 23.9 Å². The highest BCUT2D eigenvalue weighted by atomic mass is 32.2. The van der Waals surface area contributed by atoms with Crippen molar-refractivity contribution in [1.29, 1.82) is 0 Å². The van der Waals surface area contributed by atoms with Crippen LogP contribution in [0.2, 0.25) is 0 Å². The standard InChI is InChI=1S/C23H20N4O3S/c28-22(15-31-18-12-10-17(11-13-18)27(29)30)24-21(14-16-6-2-1-3-7-16)23-25-19-8-4-5-9-20(19)26-23/h1-13,21H,14-15H2,(H,24,28)(H,25,26)/t21-/m0/s1. The second-order valence-electron chi connectivity index (χ2n) is 6.99. The van der Waals surface area contributed by atoms with Gasteiger partial charge in [0.15, 0.2) is 0 Å². The van der Waals surface area contributed by atoms with Crippen LogP contribution in [0.25, 0.3) is 11.0 Å². The third-order valence-corrected chi connectivity index (χ3v) is 5.79. The van der Waals surface area contributed by atoms with Gasteiger partial charge in [-0.3, -0.25) is 14.9 Å². The maximum Gasteiger partial charge on any atom is 0.269 e. The molecule has 0 saturated carbocycles. The Morgan fingerprint density at radius 1 is 1.03 bits per heavy atom. The first-order chi connectivity index (χ1) is 15.1. The van der Waals surface area contributed by atoms with E-state index in [1.54, 1.807) is 12.1 Å². The number of thioether (sulfide) groups is 1. The number of H-pyrrole nitrogens is 1. The average Bonchev–Trinajstić information content (AvgIpc) is 3.22. The zero-order valence-corrected chi connectivity index (χ0v) is 17.3. The van der Waals surface area contributed by atoms with Crippen LogP contribution in [0.4, 0.5) is 5.69 Å². The number of non-ortho nitro benzene ring substituents is 1. The van der Waals surface area contributed by atoms with E-state index < -0.39 is 4.92 Å². The van der Waals surface area contributed by atoms with E-state index in [2.05, 4.69) is 15.3 Å². The third-order valence-electron chi connectivity index (χ3n) is 4.77. The fourth-order valence-corrected chi connectivity index (χ4v) is 3.96. The predicted octanol–water partition coefficient (Wildman–Crippen LogP) is 4.66. The molecule has 8 heteroatoms. The molecule has 1 aromatic heterocycles. The van der Waals surface area contributed by atoms with Crippen molar-refractivity contribution in [3.8, 4) is 0 Å². The molecule has 4 aromatic rings. The van der Waals surface area contributed by atoms with Gasteiger partial charge in [0.25, 0.3) is 5.69 Å². The fraction of sp³-hybridized carbons (Fsp3) is 0.130. The number of hydrogen-bond acceptors (Lipinski definition) is 5. The van der Waals surface area contributed by atoms with E-state index in [9.17, 15) is 14.9 Å². The molecule has 3 aromatic carbocycles. The smallest absolute Gasteiger partial charge is 0.269 e. The number of amides is 1. The Bertz CT molecular complexity index is 1160. The molecule has 1 amide bonds. The van der Waals surface area contributed by atoms with Crippen molar-refractivity contribution >= 4 is 34.4 Å². The second-order valence-corrected chi connectivity index (χ2v) is 8.04. The van der Waals surface area contributed by atoms with E-state index in [4.69, 9.17) is 0 Å². The highest BCUT2D eigenvalue weighted by Crippen LogP contribution is 2.23. The minimum absolute atomic E-state index is 0.0293. The first-order valence-corrected chi connectivity index (χ1v) is 10.7. The number of nitro benzene ring substituents is 1. The molecule has 31 heavy (non-hydrogen) atoms. The summed E-state index contributed by atoms with van der Waals surface area (Å²) in [7, 11) is 0. The van der Waals surface area contributed by atoms with Gasteiger partial charge < -0.3 is 10.3 Å². The lowest BCUT2D eigenvalue weighted by atomic mass is 10.1. The zero-order valence-electron chi connectivity index (χ0n) is 16.5. The Morgan fingerprint density at radius 3 is 2.45 bits per heavy atom. The molecule has 0 saturated heterocycles. The predicted molar refractivity (Wildman–Crippen MR) is 121 cm³/mol. The van der Waals surface area contributed by atoms with Crippen molar-refractivity contribution in [2.24, 2.45) is 0 Å². The first-order valence-electron chi connectivity index (χ1n) is 9.73. The lowest BCUT2D eigenvalue weighted by Gasteiger charge is -2.17. The zero-order chi connectivity index (χ0) is 21.6. The highest BCUT2D eigenvalue weighted by Gasteiger charge is 2.19. The number of para-hydroxylation sites is 2. The number of carbonyl (C=O) groups excluding carboxylic acids is 1. The maximum absolute atomic E-state index is 12.7. The summed E-state index contributed by atoms with van der Waals surface area (Å²) in [6, 6.07) is 23.6. The Kier molecular flexibility index (Phi) is 6.28. The average molecular weight is 433 g/mol. The lowest BCUT2D eigenvalue weighted by molar-refractivity contribution is -0.384. The van der Waals surface area contributed by atoms with Crippen LogP contribution in [0.5, 0.6) is 0 Å². The normalized spacial score (nSPS) is 11.9. The van der Waals surface area contributed by atoms with Gasteiger partial charge in [-0.15, -0.1) is 11.8 Å². The van der Waals surface area contributed by atoms with Crippen LogP contribution in [-0.4, -0.2) is 26.6 Å². The summed E-state index contributed by atoms with van der Waals surface area (Å²) < 4.78 is 0. The number of rotatable bonds is 8. The molecule has 0 aliphatic heterocycles. The number of imidazole rings is 1. The Labute approximate surface area is 183 Å². The van der Waals surface area contributed by atoms with Crippen molar-refractivity contribution in [2.75, 3.05) is 5.75 Å². The molecule has 0 fully saturated rings. The van der Waals surface area contributed by atoms with Gasteiger partial charge in [-0.1, -0.05) is 42.5 Å². The molecular formula is C23H20N4O3S. The molecule has 1 heterocycles. The largest absolute Gasteiger partial charge is 0.345 e. The van der Waals surface area contributed by atoms with Crippen molar-refractivity contribution in [1.82, 2.24) is 15.3 Å². The van der Waals surface area contributed by atoms with Crippen molar-refractivity contribution in [3.05, 3.63) is 100 Å². The summed E-state index contributed by atoms with van der Waals surface area (Å²) >= 11 is 1.33. The fourth-order valence-electron chi connectivity index (χ4n) is 3.25. The highest BCUT2D eigenvalue weighted by molar-refractivity contribution is 8.00. The summed E-state index contributed by atoms with van der Waals surface area (Å²) in [4.78, 5) is 31.8. The van der Waals surface area contributed by atoms with Crippen molar-refractivity contribution < 1.29 is 9.72 Å². The molecule has 2 N–H and O–H groups in total. The van der Waals surface area contributed by atoms with Crippen LogP contribution in [0.1, 0.15) is 17.4 Å². The molecular weight excluding hydrogens is 412 g/mol. The summed E-state index contributed by atoms with van der Waals surface area (Å²) in [5.41, 5.74) is 2.90. The Morgan fingerprint density at radius 2 is 1.74 bits per heavy atom. The molecule has 156 valence electrons. The molecule has 0 aliphatic rings. The number of nitro groups is 1. The van der Waals surface area contributed by atoms with Gasteiger partial charge in [-0.2, -0.15) is 0 Å². The Hall–Kier alpha value is -3.65. The lowest BCUT2D eigenvalue weighted by Crippen LogP contribution is -2.32. The molecule has 0 bridgehead atoms. The number of fused-ring (bicyclic) bond motifs is 1. The molecule has 0 unspecified atom stereocenters. The van der Waals surface area contributed by atoms with Crippen LogP contribution < -0.4 is 5.32 Å². The van der Waals surface area contributed by atoms with Gasteiger partial charge in [0.05, 0.1) is 27.8 Å². The number of benzene rings is 3. The van der Waals surface area contributed by atoms with Crippen LogP contribution in [0, 0.1) is 10.1 Å². The van der Waals surface area contributed by atoms with E-state index in [0.29, 0.717) is 12.2 Å². The van der Waals surface area contributed by atoms with E-state index in [0.717, 1.165) is 21.5 Å². The minimum Gasteiger partial charge on any atom is -0.345 e. The maximum atomic E-state index is 12.7. The number of aromatic amines is 1. The summed E-state index contributed by atoms with van der Waals surface area (Å²) in [6.45, 7) is 0. The van der Waals surface area contributed by atoms with Gasteiger partial charge in [0.1, 0.15) is 5.82 Å². The van der Waals surface area contributed by atoms with Gasteiger partial charge in [0, 0.05) is 17.0 Å². The topological polar surface area (TPSA) is 101 Å². The molecule has 0 radical (unpaired) electrons. The molecule has 0 spiro atoms. The van der Waals surface area contributed by atoms with Gasteiger partial charge >= 0.3 is 0 Å². The molecule has 7 nitrogen and oxygen atoms in total. The molecule has 4 rings (SSSR count). The third kappa shape index (κ3) is 5.29. The van der Waals surface area contributed by atoms with Crippen LogP contribution in [-0.2, 0) is 11.2 Å². The van der Waals surface area contributed by atoms with E-state index in [1.807, 2.05) is 54.6 Å². The van der Waals surface area contributed by atoms with E-state index in [-0.39, 0.29) is 23.4 Å². The molecule has 0 aliphatic carbocycles. The summed E-state index contributed by atoms with van der Waals surface area (Å²) in [5.74, 6) is 0.770. The van der Waals surface area contributed by atoms with Crippen molar-refractivity contribution in [3.63, 3.8) is 0 Å². The number of carbonyl (C=O) groups is 1. The number of hydrogen-bond donors (Lipinski definition) is 2. The number of aromatic nitrogens is 2. The second kappa shape index (κ2) is 9.44. The van der Waals surface area contributed by atoms with Crippen LogP contribution >= 0.6 is 11.8 Å². The van der Waals surface area contributed by atoms with Gasteiger partial charge in [0.2, 0.25) is 5.91 Å². The molecule has 1 atom stereocenters. The monoisotopic (exact) mass is 432 g/mol. The quantitative estimate of drug-likeness (QED) is 0.239. The first kappa shape index (κ1) is 20.6. The Balaban J connectivity index is 1.47. The van der Waals surface area contributed by atoms with Gasteiger partial charge in [-0.25, -0.2) is 4.98 Å². The SMILES string of the molecule is O=C(CSc1ccc([N+](=O)[O-])cc1)N[C@@H](Cc1ccccc1)c1nc2ccccc2[nH]1. The number of nitrogens with zero attached hydrogens (tertiary/aromatic N) is 2. The van der Waals surface area contributed by atoms with Crippen LogP contribution in [0.3, 0.4) is 0 Å². The number of nitrogens with one attached hydrogen (secondary N) is 2. The van der Waals surface area contributed by atoms with E-state index >= 15 is 0 Å². The van der Waals surface area contributed by atoms with Crippen molar-refractivity contribution in [2.45, 2.75) is 17.4 Å².